The molecule has 4 N–H and O–H groups in total. The van der Waals surface area contributed by atoms with Gasteiger partial charge in [-0.2, -0.15) is 0 Å². The van der Waals surface area contributed by atoms with Gasteiger partial charge in [-0.3, -0.25) is 14.3 Å². The summed E-state index contributed by atoms with van der Waals surface area (Å²) < 4.78 is 1.16. The molecule has 0 aromatic carbocycles. The number of nitrogens with two attached hydrogens (primary N) is 1. The molecule has 76 valence electrons. The van der Waals surface area contributed by atoms with Crippen molar-refractivity contribution in [3.05, 3.63) is 33.5 Å². The Morgan fingerprint density at radius 2 is 2.29 bits per heavy atom. The van der Waals surface area contributed by atoms with Crippen molar-refractivity contribution in [2.45, 2.75) is 0 Å². The minimum Gasteiger partial charge on any atom is -0.383 e. The van der Waals surface area contributed by atoms with Crippen LogP contribution < -0.4 is 22.3 Å². The fourth-order valence-electron chi connectivity index (χ4n) is 0.982. The summed E-state index contributed by atoms with van der Waals surface area (Å²) in [6.07, 6.45) is 1.59. The van der Waals surface area contributed by atoms with Crippen molar-refractivity contribution in [1.29, 1.82) is 0 Å². The number of H-pyrrole nitrogens is 1. The second-order valence-electron chi connectivity index (χ2n) is 2.75. The molecule has 0 fully saturated rings. The summed E-state index contributed by atoms with van der Waals surface area (Å²) in [5.74, 6) is 0.112. The number of nitrogen functional groups attached to an aromatic ring is 1. The Kier molecular flexibility index (Phi) is 2.76. The van der Waals surface area contributed by atoms with E-state index in [2.05, 4.69) is 16.9 Å². The lowest BCUT2D eigenvalue weighted by Crippen LogP contribution is -2.32. The van der Waals surface area contributed by atoms with Crippen molar-refractivity contribution in [3.63, 3.8) is 0 Å². The van der Waals surface area contributed by atoms with E-state index in [-0.39, 0.29) is 11.5 Å². The molecule has 0 aliphatic carbocycles. The third kappa shape index (κ3) is 1.68. The largest absolute Gasteiger partial charge is 0.383 e. The molecule has 0 unspecified atom stereocenters. The normalized spacial score (nSPS) is 9.79. The number of aromatic amines is 1. The summed E-state index contributed by atoms with van der Waals surface area (Å²) in [7, 11) is 1.48. The first-order valence-electron chi connectivity index (χ1n) is 4.01. The van der Waals surface area contributed by atoms with Gasteiger partial charge in [-0.1, -0.05) is 6.08 Å². The molecule has 0 amide bonds. The van der Waals surface area contributed by atoms with Crippen LogP contribution in [0.1, 0.15) is 0 Å². The molecule has 0 aliphatic heterocycles. The fraction of sp³-hybridized carbons (Fsp3) is 0.250. The highest BCUT2D eigenvalue weighted by molar-refractivity contribution is 5.60. The van der Waals surface area contributed by atoms with Crippen molar-refractivity contribution in [1.82, 2.24) is 9.55 Å². The van der Waals surface area contributed by atoms with Gasteiger partial charge < -0.3 is 11.1 Å². The summed E-state index contributed by atoms with van der Waals surface area (Å²) in [5.41, 5.74) is 4.71. The van der Waals surface area contributed by atoms with E-state index in [0.29, 0.717) is 6.54 Å². The van der Waals surface area contributed by atoms with E-state index < -0.39 is 11.2 Å². The molecule has 0 atom stereocenters. The van der Waals surface area contributed by atoms with Gasteiger partial charge in [-0.15, -0.1) is 6.58 Å². The molecule has 1 aromatic heterocycles. The Balaban J connectivity index is 3.29. The summed E-state index contributed by atoms with van der Waals surface area (Å²) >= 11 is 0. The molecule has 0 spiro atoms. The Morgan fingerprint density at radius 1 is 1.64 bits per heavy atom. The number of nitrogens with zero attached hydrogens (tertiary/aromatic N) is 1. The van der Waals surface area contributed by atoms with Gasteiger partial charge in [0.2, 0.25) is 0 Å². The molecule has 1 aromatic rings. The van der Waals surface area contributed by atoms with Crippen molar-refractivity contribution in [3.8, 4) is 0 Å². The van der Waals surface area contributed by atoms with Gasteiger partial charge in [0.05, 0.1) is 0 Å². The molecule has 0 saturated carbocycles. The van der Waals surface area contributed by atoms with Gasteiger partial charge in [-0.05, 0) is 0 Å². The standard InChI is InChI=1S/C8H12N4O2/c1-3-4-10-5-6(9)12(2)8(14)11-7(5)13/h3,10H,1,4,9H2,2H3,(H,11,13,14). The molecule has 1 heterocycles. The highest BCUT2D eigenvalue weighted by atomic mass is 16.2. The van der Waals surface area contributed by atoms with Gasteiger partial charge >= 0.3 is 5.69 Å². The zero-order valence-corrected chi connectivity index (χ0v) is 7.83. The van der Waals surface area contributed by atoms with E-state index in [1.807, 2.05) is 0 Å². The molecule has 0 bridgehead atoms. The zero-order chi connectivity index (χ0) is 10.7. The second kappa shape index (κ2) is 3.82. The lowest BCUT2D eigenvalue weighted by molar-refractivity contribution is 0.814. The molecular weight excluding hydrogens is 184 g/mol. The maximum atomic E-state index is 11.3. The molecule has 1 rings (SSSR count). The van der Waals surface area contributed by atoms with Crippen LogP contribution in [0, 0.1) is 0 Å². The average molecular weight is 196 g/mol. The summed E-state index contributed by atoms with van der Waals surface area (Å²) in [4.78, 5) is 24.5. The smallest absolute Gasteiger partial charge is 0.329 e. The van der Waals surface area contributed by atoms with E-state index in [9.17, 15) is 9.59 Å². The molecule has 6 heteroatoms. The van der Waals surface area contributed by atoms with Crippen LogP contribution in [-0.4, -0.2) is 16.1 Å². The predicted molar refractivity (Wildman–Crippen MR) is 55.4 cm³/mol. The second-order valence-corrected chi connectivity index (χ2v) is 2.75. The highest BCUT2D eigenvalue weighted by Crippen LogP contribution is 2.07. The molecule has 6 nitrogen and oxygen atoms in total. The maximum absolute atomic E-state index is 11.3. The molecule has 0 saturated heterocycles. The van der Waals surface area contributed by atoms with Crippen LogP contribution in [0.2, 0.25) is 0 Å². The van der Waals surface area contributed by atoms with Crippen molar-refractivity contribution >= 4 is 11.5 Å². The quantitative estimate of drug-likeness (QED) is 0.555. The highest BCUT2D eigenvalue weighted by Gasteiger charge is 2.07. The number of hydrogen-bond acceptors (Lipinski definition) is 4. The first-order chi connectivity index (χ1) is 6.57. The molecule has 0 radical (unpaired) electrons. The topological polar surface area (TPSA) is 92.9 Å². The number of aromatic nitrogens is 2. The molecular formula is C8H12N4O2. The van der Waals surface area contributed by atoms with E-state index in [4.69, 9.17) is 5.73 Å². The number of nitrogens with one attached hydrogen (secondary N) is 2. The zero-order valence-electron chi connectivity index (χ0n) is 7.83. The van der Waals surface area contributed by atoms with Crippen LogP contribution in [0.5, 0.6) is 0 Å². The lowest BCUT2D eigenvalue weighted by Gasteiger charge is -2.08. The molecule has 14 heavy (non-hydrogen) atoms. The predicted octanol–water partition coefficient (Wildman–Crippen LogP) is -0.746. The number of hydrogen-bond donors (Lipinski definition) is 3. The van der Waals surface area contributed by atoms with E-state index in [1.165, 1.54) is 7.05 Å². The summed E-state index contributed by atoms with van der Waals surface area (Å²) in [5, 5.41) is 2.75. The number of anilines is 2. The van der Waals surface area contributed by atoms with Crippen LogP contribution in [-0.2, 0) is 7.05 Å². The van der Waals surface area contributed by atoms with Gasteiger partial charge in [0.15, 0.2) is 0 Å². The average Bonchev–Trinajstić information content (AvgIpc) is 2.14. The minimum absolute atomic E-state index is 0.112. The minimum atomic E-state index is -0.531. The SMILES string of the molecule is C=CCNc1c(N)n(C)c(=O)[nH]c1=O. The Morgan fingerprint density at radius 3 is 2.86 bits per heavy atom. The molecule has 0 aliphatic rings. The Labute approximate surface area is 80.1 Å². The first-order valence-corrected chi connectivity index (χ1v) is 4.01. The monoisotopic (exact) mass is 196 g/mol. The first kappa shape index (κ1) is 10.1. The van der Waals surface area contributed by atoms with Crippen LogP contribution in [0.25, 0.3) is 0 Å². The summed E-state index contributed by atoms with van der Waals surface area (Å²) in [6.45, 7) is 3.90. The third-order valence-corrected chi connectivity index (χ3v) is 1.79. The van der Waals surface area contributed by atoms with E-state index >= 15 is 0 Å². The van der Waals surface area contributed by atoms with Crippen molar-refractivity contribution in [2.24, 2.45) is 7.05 Å². The fourth-order valence-corrected chi connectivity index (χ4v) is 0.982. The van der Waals surface area contributed by atoms with Crippen LogP contribution in [0.3, 0.4) is 0 Å². The van der Waals surface area contributed by atoms with Gasteiger partial charge in [0.25, 0.3) is 5.56 Å². The Bertz CT molecular complexity index is 457. The van der Waals surface area contributed by atoms with Crippen LogP contribution in [0.15, 0.2) is 22.2 Å². The lowest BCUT2D eigenvalue weighted by atomic mass is 10.4. The third-order valence-electron chi connectivity index (χ3n) is 1.79. The van der Waals surface area contributed by atoms with Gasteiger partial charge in [0.1, 0.15) is 11.5 Å². The van der Waals surface area contributed by atoms with Crippen LogP contribution in [0.4, 0.5) is 11.5 Å². The van der Waals surface area contributed by atoms with Crippen molar-refractivity contribution < 1.29 is 0 Å². The summed E-state index contributed by atoms with van der Waals surface area (Å²) in [6, 6.07) is 0. The maximum Gasteiger partial charge on any atom is 0.329 e. The van der Waals surface area contributed by atoms with E-state index in [0.717, 1.165) is 4.57 Å². The van der Waals surface area contributed by atoms with E-state index in [1.54, 1.807) is 6.08 Å². The van der Waals surface area contributed by atoms with Gasteiger partial charge in [-0.25, -0.2) is 4.79 Å². The van der Waals surface area contributed by atoms with Crippen molar-refractivity contribution in [2.75, 3.05) is 17.6 Å². The number of rotatable bonds is 3. The Hall–Kier alpha value is -1.98. The van der Waals surface area contributed by atoms with Crippen LogP contribution >= 0.6 is 0 Å². The van der Waals surface area contributed by atoms with Gasteiger partial charge in [0, 0.05) is 13.6 Å².